The van der Waals surface area contributed by atoms with Crippen molar-refractivity contribution in [1.29, 1.82) is 0 Å². The molecule has 180 valence electrons. The Morgan fingerprint density at radius 2 is 1.82 bits per heavy atom. The maximum absolute atomic E-state index is 14.1. The average molecular weight is 468 g/mol. The van der Waals surface area contributed by atoms with Gasteiger partial charge in [0.05, 0.1) is 16.7 Å². The summed E-state index contributed by atoms with van der Waals surface area (Å²) in [6.07, 6.45) is -5.52. The van der Waals surface area contributed by atoms with Gasteiger partial charge in [0.25, 0.3) is 0 Å². The van der Waals surface area contributed by atoms with E-state index in [1.54, 1.807) is 12.1 Å². The number of benzene rings is 1. The van der Waals surface area contributed by atoms with Gasteiger partial charge in [0.1, 0.15) is 11.6 Å². The quantitative estimate of drug-likeness (QED) is 0.260. The summed E-state index contributed by atoms with van der Waals surface area (Å²) < 4.78 is 56.0. The topological polar surface area (TPSA) is 81.2 Å². The van der Waals surface area contributed by atoms with Gasteiger partial charge in [0.2, 0.25) is 0 Å². The normalized spacial score (nSPS) is 14.5. The highest BCUT2D eigenvalue weighted by Crippen LogP contribution is 2.45. The van der Waals surface area contributed by atoms with E-state index < -0.39 is 35.9 Å². The van der Waals surface area contributed by atoms with Crippen LogP contribution in [0.1, 0.15) is 50.6 Å². The van der Waals surface area contributed by atoms with Gasteiger partial charge in [-0.15, -0.1) is 0 Å². The molecule has 5 nitrogen and oxygen atoms in total. The molecule has 33 heavy (non-hydrogen) atoms. The van der Waals surface area contributed by atoms with Gasteiger partial charge in [0.15, 0.2) is 5.60 Å². The van der Waals surface area contributed by atoms with Crippen molar-refractivity contribution in [2.45, 2.75) is 63.8 Å². The lowest BCUT2D eigenvalue weighted by molar-refractivity contribution is -0.266. The minimum atomic E-state index is -4.97. The second kappa shape index (κ2) is 9.30. The summed E-state index contributed by atoms with van der Waals surface area (Å²) in [7, 11) is 0. The molecule has 2 aromatic heterocycles. The number of pyridine rings is 1. The Morgan fingerprint density at radius 1 is 1.09 bits per heavy atom. The summed E-state index contributed by atoms with van der Waals surface area (Å²) in [4.78, 5) is 7.38. The number of phenolic OH excluding ortho intramolecular Hbond substituents is 1. The van der Waals surface area contributed by atoms with Crippen LogP contribution >= 0.6 is 0 Å². The lowest BCUT2D eigenvalue weighted by atomic mass is 9.73. The van der Waals surface area contributed by atoms with Gasteiger partial charge < -0.3 is 20.5 Å². The molecule has 3 aromatic rings. The zero-order valence-electron chi connectivity index (χ0n) is 18.9. The maximum Gasteiger partial charge on any atom is 0.417 e. The van der Waals surface area contributed by atoms with Gasteiger partial charge in [-0.3, -0.25) is 0 Å². The molecule has 0 bridgehead atoms. The van der Waals surface area contributed by atoms with Crippen molar-refractivity contribution in [3.8, 4) is 5.75 Å². The number of nitrogens with one attached hydrogen (secondary N) is 2. The number of nitrogens with zero attached hydrogens (tertiary/aromatic N) is 1. The zero-order valence-corrected chi connectivity index (χ0v) is 18.9. The van der Waals surface area contributed by atoms with Crippen LogP contribution in [0.4, 0.5) is 17.6 Å². The van der Waals surface area contributed by atoms with Crippen LogP contribution in [0.15, 0.2) is 36.4 Å². The largest absolute Gasteiger partial charge is 0.508 e. The number of rotatable bonds is 9. The fourth-order valence-electron chi connectivity index (χ4n) is 4.15. The fraction of sp³-hybridized carbons (Fsp3) is 0.458. The molecular formula is C24H29F4N3O2. The van der Waals surface area contributed by atoms with E-state index in [0.29, 0.717) is 17.6 Å². The molecule has 0 aliphatic heterocycles. The summed E-state index contributed by atoms with van der Waals surface area (Å²) in [5.74, 6) is -1.01. The summed E-state index contributed by atoms with van der Waals surface area (Å²) in [5.41, 5.74) is -2.50. The molecule has 0 saturated heterocycles. The van der Waals surface area contributed by atoms with Crippen LogP contribution in [0.2, 0.25) is 0 Å². The number of aromatic nitrogens is 2. The van der Waals surface area contributed by atoms with Gasteiger partial charge >= 0.3 is 6.18 Å². The van der Waals surface area contributed by atoms with Gasteiger partial charge in [-0.1, -0.05) is 20.8 Å². The molecule has 2 heterocycles. The first-order valence-electron chi connectivity index (χ1n) is 10.8. The molecule has 1 aromatic carbocycles. The van der Waals surface area contributed by atoms with E-state index in [1.165, 1.54) is 19.9 Å². The Morgan fingerprint density at radius 3 is 2.48 bits per heavy atom. The second-order valence-electron chi connectivity index (χ2n) is 9.13. The number of hydrogen-bond acceptors (Lipinski definition) is 4. The number of aromatic hydroxyl groups is 1. The standard InChI is InChI=1S/C24H29F4N3O2/c1-4-9-29-13-16-6-7-19-20(30-16)11-17(31-19)12-23(33,24(26,27)28)14-22(2,3)18-10-15(25)5-8-21(18)32/h5-8,10-11,29,31-33H,4,9,12-14H2,1-3H3. The Kier molecular flexibility index (Phi) is 7.04. The average Bonchev–Trinajstić information content (AvgIpc) is 3.09. The Balaban J connectivity index is 1.90. The molecule has 0 aliphatic rings. The van der Waals surface area contributed by atoms with Crippen molar-refractivity contribution in [1.82, 2.24) is 15.3 Å². The zero-order chi connectivity index (χ0) is 24.4. The second-order valence-corrected chi connectivity index (χ2v) is 9.13. The number of phenols is 1. The van der Waals surface area contributed by atoms with Gasteiger partial charge in [-0.05, 0) is 61.2 Å². The molecule has 0 saturated carbocycles. The molecule has 1 atom stereocenters. The highest BCUT2D eigenvalue weighted by atomic mass is 19.4. The van der Waals surface area contributed by atoms with E-state index in [0.717, 1.165) is 36.9 Å². The summed E-state index contributed by atoms with van der Waals surface area (Å²) in [6.45, 7) is 6.28. The molecular weight excluding hydrogens is 438 g/mol. The van der Waals surface area contributed by atoms with Crippen LogP contribution in [0, 0.1) is 5.82 Å². The van der Waals surface area contributed by atoms with Gasteiger partial charge in [-0.25, -0.2) is 9.37 Å². The van der Waals surface area contributed by atoms with Crippen LogP contribution in [0.3, 0.4) is 0 Å². The van der Waals surface area contributed by atoms with Gasteiger partial charge in [0, 0.05) is 24.2 Å². The molecule has 1 unspecified atom stereocenters. The van der Waals surface area contributed by atoms with Crippen LogP contribution in [-0.4, -0.2) is 38.5 Å². The number of aliphatic hydroxyl groups is 1. The predicted molar refractivity (Wildman–Crippen MR) is 119 cm³/mol. The smallest absolute Gasteiger partial charge is 0.417 e. The SMILES string of the molecule is CCCNCc1ccc2[nH]c(CC(O)(CC(C)(C)c3cc(F)ccc3O)C(F)(F)F)cc2n1. The first-order chi connectivity index (χ1) is 15.3. The Hall–Kier alpha value is -2.65. The molecule has 3 rings (SSSR count). The third kappa shape index (κ3) is 5.65. The van der Waals surface area contributed by atoms with Crippen LogP contribution in [0.25, 0.3) is 11.0 Å². The van der Waals surface area contributed by atoms with Crippen molar-refractivity contribution < 1.29 is 27.8 Å². The summed E-state index contributed by atoms with van der Waals surface area (Å²) >= 11 is 0. The van der Waals surface area contributed by atoms with Crippen molar-refractivity contribution in [3.05, 3.63) is 59.2 Å². The van der Waals surface area contributed by atoms with E-state index in [2.05, 4.69) is 15.3 Å². The van der Waals surface area contributed by atoms with Crippen molar-refractivity contribution >= 4 is 11.0 Å². The molecule has 9 heteroatoms. The molecule has 0 radical (unpaired) electrons. The lowest BCUT2D eigenvalue weighted by Crippen LogP contribution is -2.50. The van der Waals surface area contributed by atoms with Crippen LogP contribution in [0.5, 0.6) is 5.75 Å². The number of hydrogen-bond donors (Lipinski definition) is 4. The van der Waals surface area contributed by atoms with E-state index in [-0.39, 0.29) is 17.0 Å². The van der Waals surface area contributed by atoms with Crippen molar-refractivity contribution in [2.24, 2.45) is 0 Å². The number of aromatic amines is 1. The first kappa shape index (κ1) is 25.0. The minimum Gasteiger partial charge on any atom is -0.508 e. The van der Waals surface area contributed by atoms with Crippen LogP contribution in [-0.2, 0) is 18.4 Å². The van der Waals surface area contributed by atoms with E-state index >= 15 is 0 Å². The number of H-pyrrole nitrogens is 1. The predicted octanol–water partition coefficient (Wildman–Crippen LogP) is 5.11. The summed E-state index contributed by atoms with van der Waals surface area (Å²) in [6, 6.07) is 8.14. The third-order valence-electron chi connectivity index (χ3n) is 5.75. The van der Waals surface area contributed by atoms with Crippen LogP contribution < -0.4 is 5.32 Å². The van der Waals surface area contributed by atoms with E-state index in [1.807, 2.05) is 6.92 Å². The number of alkyl halides is 3. The molecule has 0 aliphatic carbocycles. The minimum absolute atomic E-state index is 0.00675. The monoisotopic (exact) mass is 467 g/mol. The Labute approximate surface area is 189 Å². The van der Waals surface area contributed by atoms with Crippen molar-refractivity contribution in [2.75, 3.05) is 6.54 Å². The fourth-order valence-corrected chi connectivity index (χ4v) is 4.15. The molecule has 0 spiro atoms. The van der Waals surface area contributed by atoms with E-state index in [9.17, 15) is 27.8 Å². The molecule has 4 N–H and O–H groups in total. The summed E-state index contributed by atoms with van der Waals surface area (Å²) in [5, 5.41) is 24.2. The first-order valence-corrected chi connectivity index (χ1v) is 10.8. The highest BCUT2D eigenvalue weighted by Gasteiger charge is 2.56. The van der Waals surface area contributed by atoms with Crippen molar-refractivity contribution in [3.63, 3.8) is 0 Å². The lowest BCUT2D eigenvalue weighted by Gasteiger charge is -2.38. The Bertz CT molecular complexity index is 1110. The number of fused-ring (bicyclic) bond motifs is 1. The van der Waals surface area contributed by atoms with Gasteiger partial charge in [-0.2, -0.15) is 13.2 Å². The van der Waals surface area contributed by atoms with E-state index in [4.69, 9.17) is 0 Å². The number of halogens is 4. The molecule has 0 amide bonds. The maximum atomic E-state index is 14.1. The molecule has 0 fully saturated rings. The highest BCUT2D eigenvalue weighted by molar-refractivity contribution is 5.76. The third-order valence-corrected chi connectivity index (χ3v) is 5.75.